The molecule has 17 heavy (non-hydrogen) atoms. The maximum absolute atomic E-state index is 12.0. The zero-order valence-corrected chi connectivity index (χ0v) is 11.5. The van der Waals surface area contributed by atoms with Crippen molar-refractivity contribution in [2.75, 3.05) is 13.1 Å². The Balaban J connectivity index is 2.71. The van der Waals surface area contributed by atoms with E-state index in [4.69, 9.17) is 0 Å². The molecule has 1 fully saturated rings. The molecule has 4 nitrogen and oxygen atoms in total. The number of nitrogens with one attached hydrogen (secondary N) is 1. The molecule has 1 aliphatic rings. The number of rotatable bonds is 4. The number of carbonyl (C=O) groups excluding carboxylic acids is 2. The van der Waals surface area contributed by atoms with Gasteiger partial charge in [-0.1, -0.05) is 27.7 Å². The summed E-state index contributed by atoms with van der Waals surface area (Å²) in [5.74, 6) is 1.46. The van der Waals surface area contributed by atoms with Crippen molar-refractivity contribution in [3.8, 4) is 0 Å². The number of hydrogen-bond donors (Lipinski definition) is 1. The molecule has 1 N–H and O–H groups in total. The molecule has 1 atom stereocenters. The number of hydrogen-bond acceptors (Lipinski definition) is 2. The highest BCUT2D eigenvalue weighted by molar-refractivity contribution is 5.94. The molecule has 4 heteroatoms. The Morgan fingerprint density at radius 2 is 1.76 bits per heavy atom. The highest BCUT2D eigenvalue weighted by Crippen LogP contribution is 2.22. The summed E-state index contributed by atoms with van der Waals surface area (Å²) in [6.45, 7) is 11.3. The van der Waals surface area contributed by atoms with Gasteiger partial charge in [-0.05, 0) is 24.7 Å². The first-order valence-corrected chi connectivity index (χ1v) is 6.41. The summed E-state index contributed by atoms with van der Waals surface area (Å²) in [6, 6.07) is -0.378. The molecule has 0 saturated carbocycles. The minimum Gasteiger partial charge on any atom is -0.343 e. The van der Waals surface area contributed by atoms with Crippen molar-refractivity contribution >= 4 is 11.8 Å². The largest absolute Gasteiger partial charge is 0.343 e. The lowest BCUT2D eigenvalue weighted by Gasteiger charge is -2.36. The molecule has 2 amide bonds. The van der Waals surface area contributed by atoms with Crippen molar-refractivity contribution in [1.29, 1.82) is 0 Å². The van der Waals surface area contributed by atoms with Gasteiger partial charge in [-0.15, -0.1) is 0 Å². The first-order chi connectivity index (χ1) is 7.82. The van der Waals surface area contributed by atoms with Crippen LogP contribution in [0.3, 0.4) is 0 Å². The molecule has 0 aromatic heterocycles. The monoisotopic (exact) mass is 240 g/mol. The summed E-state index contributed by atoms with van der Waals surface area (Å²) < 4.78 is 0. The third-order valence-electron chi connectivity index (χ3n) is 3.54. The normalized spacial score (nSPS) is 21.6. The van der Waals surface area contributed by atoms with Crippen LogP contribution < -0.4 is 5.32 Å². The lowest BCUT2D eigenvalue weighted by Crippen LogP contribution is -2.58. The number of piperazine rings is 1. The van der Waals surface area contributed by atoms with Crippen LogP contribution in [0.25, 0.3) is 0 Å². The summed E-state index contributed by atoms with van der Waals surface area (Å²) in [7, 11) is 0. The molecule has 1 saturated heterocycles. The third kappa shape index (κ3) is 3.45. The summed E-state index contributed by atoms with van der Waals surface area (Å²) in [4.78, 5) is 25.1. The van der Waals surface area contributed by atoms with E-state index < -0.39 is 0 Å². The molecule has 98 valence electrons. The van der Waals surface area contributed by atoms with Crippen LogP contribution in [0.1, 0.15) is 34.6 Å². The predicted molar refractivity (Wildman–Crippen MR) is 67.4 cm³/mol. The summed E-state index contributed by atoms with van der Waals surface area (Å²) in [5, 5.41) is 2.66. The quantitative estimate of drug-likeness (QED) is 0.804. The zero-order valence-electron chi connectivity index (χ0n) is 11.5. The van der Waals surface area contributed by atoms with Gasteiger partial charge in [0.25, 0.3) is 0 Å². The van der Waals surface area contributed by atoms with Crippen molar-refractivity contribution in [3.63, 3.8) is 0 Å². The van der Waals surface area contributed by atoms with E-state index in [1.807, 2.05) is 0 Å². The third-order valence-corrected chi connectivity index (χ3v) is 3.54. The van der Waals surface area contributed by atoms with E-state index in [2.05, 4.69) is 33.0 Å². The Labute approximate surface area is 104 Å². The van der Waals surface area contributed by atoms with E-state index >= 15 is 0 Å². The molecule has 0 bridgehead atoms. The highest BCUT2D eigenvalue weighted by Gasteiger charge is 2.32. The Morgan fingerprint density at radius 3 is 2.24 bits per heavy atom. The van der Waals surface area contributed by atoms with Crippen LogP contribution in [0.15, 0.2) is 0 Å². The first kappa shape index (κ1) is 14.0. The van der Waals surface area contributed by atoms with Crippen LogP contribution >= 0.6 is 0 Å². The molecular formula is C13H24N2O2. The van der Waals surface area contributed by atoms with Gasteiger partial charge >= 0.3 is 0 Å². The van der Waals surface area contributed by atoms with Crippen LogP contribution in [-0.2, 0) is 9.59 Å². The van der Waals surface area contributed by atoms with Gasteiger partial charge < -0.3 is 10.2 Å². The number of nitrogens with zero attached hydrogens (tertiary/aromatic N) is 1. The van der Waals surface area contributed by atoms with Crippen LogP contribution in [0.5, 0.6) is 0 Å². The SMILES string of the molecule is CC1NC(=O)CN(CC(C(C)C)C(C)C)C1=O. The molecule has 1 unspecified atom stereocenters. The van der Waals surface area contributed by atoms with Gasteiger partial charge in [0.1, 0.15) is 6.04 Å². The molecule has 0 aromatic carbocycles. The van der Waals surface area contributed by atoms with Gasteiger partial charge in [-0.25, -0.2) is 0 Å². The fourth-order valence-corrected chi connectivity index (χ4v) is 2.47. The average molecular weight is 240 g/mol. The fraction of sp³-hybridized carbons (Fsp3) is 0.846. The van der Waals surface area contributed by atoms with E-state index in [-0.39, 0.29) is 24.4 Å². The van der Waals surface area contributed by atoms with Crippen molar-refractivity contribution < 1.29 is 9.59 Å². The van der Waals surface area contributed by atoms with E-state index in [0.717, 1.165) is 0 Å². The molecule has 1 heterocycles. The van der Waals surface area contributed by atoms with Crippen molar-refractivity contribution in [3.05, 3.63) is 0 Å². The maximum Gasteiger partial charge on any atom is 0.245 e. The Hall–Kier alpha value is -1.06. The van der Waals surface area contributed by atoms with Gasteiger partial charge in [0, 0.05) is 6.54 Å². The summed E-state index contributed by atoms with van der Waals surface area (Å²) >= 11 is 0. The zero-order chi connectivity index (χ0) is 13.2. The van der Waals surface area contributed by atoms with Crippen LogP contribution in [0.2, 0.25) is 0 Å². The fourth-order valence-electron chi connectivity index (χ4n) is 2.47. The second kappa shape index (κ2) is 5.52. The van der Waals surface area contributed by atoms with Gasteiger partial charge in [-0.3, -0.25) is 9.59 Å². The van der Waals surface area contributed by atoms with Crippen LogP contribution in [0.4, 0.5) is 0 Å². The minimum absolute atomic E-state index is 0.0379. The van der Waals surface area contributed by atoms with Crippen molar-refractivity contribution in [2.24, 2.45) is 17.8 Å². The molecule has 0 radical (unpaired) electrons. The second-order valence-corrected chi connectivity index (χ2v) is 5.66. The molecule has 0 aromatic rings. The smallest absolute Gasteiger partial charge is 0.245 e. The van der Waals surface area contributed by atoms with E-state index in [1.165, 1.54) is 0 Å². The molecular weight excluding hydrogens is 216 g/mol. The Morgan fingerprint density at radius 1 is 1.24 bits per heavy atom. The molecule has 1 rings (SSSR count). The van der Waals surface area contributed by atoms with Gasteiger partial charge in [0.05, 0.1) is 6.54 Å². The van der Waals surface area contributed by atoms with Gasteiger partial charge in [0.2, 0.25) is 11.8 Å². The predicted octanol–water partition coefficient (Wildman–Crippen LogP) is 1.26. The van der Waals surface area contributed by atoms with Crippen molar-refractivity contribution in [2.45, 2.75) is 40.7 Å². The Kier molecular flexibility index (Phi) is 4.54. The Bertz CT molecular complexity index is 292. The summed E-state index contributed by atoms with van der Waals surface area (Å²) in [5.41, 5.74) is 0. The highest BCUT2D eigenvalue weighted by atomic mass is 16.2. The molecule has 0 aliphatic carbocycles. The lowest BCUT2D eigenvalue weighted by atomic mass is 9.85. The summed E-state index contributed by atoms with van der Waals surface area (Å²) in [6.07, 6.45) is 0. The van der Waals surface area contributed by atoms with Crippen LogP contribution in [-0.4, -0.2) is 35.8 Å². The van der Waals surface area contributed by atoms with Gasteiger partial charge in [-0.2, -0.15) is 0 Å². The minimum atomic E-state index is -0.378. The maximum atomic E-state index is 12.0. The first-order valence-electron chi connectivity index (χ1n) is 6.41. The standard InChI is InChI=1S/C13H24N2O2/c1-8(2)11(9(3)4)6-15-7-12(16)14-10(5)13(15)17/h8-11H,6-7H2,1-5H3,(H,14,16). The number of carbonyl (C=O) groups is 2. The van der Waals surface area contributed by atoms with Crippen LogP contribution in [0, 0.1) is 17.8 Å². The average Bonchev–Trinajstić information content (AvgIpc) is 2.19. The molecule has 1 aliphatic heterocycles. The van der Waals surface area contributed by atoms with Crippen molar-refractivity contribution in [1.82, 2.24) is 10.2 Å². The van der Waals surface area contributed by atoms with E-state index in [0.29, 0.717) is 24.3 Å². The lowest BCUT2D eigenvalue weighted by molar-refractivity contribution is -0.144. The molecule has 0 spiro atoms. The van der Waals surface area contributed by atoms with E-state index in [1.54, 1.807) is 11.8 Å². The van der Waals surface area contributed by atoms with E-state index in [9.17, 15) is 9.59 Å². The number of amides is 2. The van der Waals surface area contributed by atoms with Gasteiger partial charge in [0.15, 0.2) is 0 Å². The topological polar surface area (TPSA) is 49.4 Å². The second-order valence-electron chi connectivity index (χ2n) is 5.66.